The molecule has 0 saturated carbocycles. The Morgan fingerprint density at radius 3 is 2.62 bits per heavy atom. The van der Waals surface area contributed by atoms with Crippen LogP contribution >= 0.6 is 0 Å². The Bertz CT molecular complexity index is 909. The van der Waals surface area contributed by atoms with Gasteiger partial charge in [0.05, 0.1) is 12.6 Å². The maximum atomic E-state index is 12.2. The van der Waals surface area contributed by atoms with Crippen LogP contribution in [0.1, 0.15) is 36.6 Å². The Labute approximate surface area is 171 Å². The zero-order valence-electron chi connectivity index (χ0n) is 17.0. The molecule has 29 heavy (non-hydrogen) atoms. The van der Waals surface area contributed by atoms with Gasteiger partial charge in [-0.2, -0.15) is 5.10 Å². The third kappa shape index (κ3) is 6.34. The molecule has 2 amide bonds. The van der Waals surface area contributed by atoms with Gasteiger partial charge < -0.3 is 15.4 Å². The van der Waals surface area contributed by atoms with E-state index in [1.54, 1.807) is 11.0 Å². The number of nitrogens with one attached hydrogen (secondary N) is 2. The summed E-state index contributed by atoms with van der Waals surface area (Å²) in [6, 6.07) is 15.6. The number of amides is 2. The highest BCUT2D eigenvalue weighted by Gasteiger charge is 2.12. The van der Waals surface area contributed by atoms with Gasteiger partial charge in [-0.3, -0.25) is 4.68 Å². The zero-order chi connectivity index (χ0) is 20.6. The number of rotatable bonds is 8. The predicted octanol–water partition coefficient (Wildman–Crippen LogP) is 3.61. The lowest BCUT2D eigenvalue weighted by Gasteiger charge is -2.18. The van der Waals surface area contributed by atoms with Crippen molar-refractivity contribution >= 4 is 6.03 Å². The summed E-state index contributed by atoms with van der Waals surface area (Å²) in [6.07, 6.45) is 3.10. The van der Waals surface area contributed by atoms with Gasteiger partial charge in [0, 0.05) is 6.04 Å². The van der Waals surface area contributed by atoms with Crippen LogP contribution in [0.4, 0.5) is 4.79 Å². The SMILES string of the molecule is Cc1cccc(COc2ccc(C(C)NC(=O)NC(C)Cn3cncn3)cc2)c1. The van der Waals surface area contributed by atoms with Gasteiger partial charge >= 0.3 is 6.03 Å². The molecule has 2 N–H and O–H groups in total. The van der Waals surface area contributed by atoms with Gasteiger partial charge in [-0.15, -0.1) is 0 Å². The van der Waals surface area contributed by atoms with Crippen LogP contribution in [0.5, 0.6) is 5.75 Å². The van der Waals surface area contributed by atoms with Gasteiger partial charge in [0.25, 0.3) is 0 Å². The van der Waals surface area contributed by atoms with Crippen molar-refractivity contribution in [3.05, 3.63) is 77.9 Å². The summed E-state index contributed by atoms with van der Waals surface area (Å²) >= 11 is 0. The van der Waals surface area contributed by atoms with Gasteiger partial charge in [0.1, 0.15) is 25.0 Å². The first kappa shape index (κ1) is 20.4. The van der Waals surface area contributed by atoms with Crippen molar-refractivity contribution < 1.29 is 9.53 Å². The lowest BCUT2D eigenvalue weighted by atomic mass is 10.1. The molecule has 152 valence electrons. The predicted molar refractivity (Wildman–Crippen MR) is 112 cm³/mol. The molecule has 0 aliphatic rings. The Kier molecular flexibility index (Phi) is 6.84. The van der Waals surface area contributed by atoms with Gasteiger partial charge in [0.2, 0.25) is 0 Å². The Morgan fingerprint density at radius 2 is 1.93 bits per heavy atom. The van der Waals surface area contributed by atoms with Crippen LogP contribution in [-0.4, -0.2) is 26.8 Å². The Balaban J connectivity index is 1.46. The number of benzene rings is 2. The molecule has 2 aromatic carbocycles. The molecule has 0 aliphatic carbocycles. The number of hydrogen-bond donors (Lipinski definition) is 2. The summed E-state index contributed by atoms with van der Waals surface area (Å²) < 4.78 is 7.54. The maximum Gasteiger partial charge on any atom is 0.315 e. The highest BCUT2D eigenvalue weighted by Crippen LogP contribution is 2.19. The highest BCUT2D eigenvalue weighted by atomic mass is 16.5. The first-order chi connectivity index (χ1) is 14.0. The topological polar surface area (TPSA) is 81.1 Å². The van der Waals surface area contributed by atoms with Crippen LogP contribution in [0.15, 0.2) is 61.2 Å². The quantitative estimate of drug-likeness (QED) is 0.613. The summed E-state index contributed by atoms with van der Waals surface area (Å²) in [5.41, 5.74) is 3.36. The molecule has 0 fully saturated rings. The molecule has 1 heterocycles. The summed E-state index contributed by atoms with van der Waals surface area (Å²) in [7, 11) is 0. The normalized spacial score (nSPS) is 12.8. The van der Waals surface area contributed by atoms with E-state index < -0.39 is 0 Å². The van der Waals surface area contributed by atoms with Crippen LogP contribution in [-0.2, 0) is 13.2 Å². The fourth-order valence-corrected chi connectivity index (χ4v) is 3.02. The summed E-state index contributed by atoms with van der Waals surface area (Å²) in [6.45, 7) is 7.03. The van der Waals surface area contributed by atoms with Crippen LogP contribution in [0.2, 0.25) is 0 Å². The second kappa shape index (κ2) is 9.73. The summed E-state index contributed by atoms with van der Waals surface area (Å²) in [5, 5.41) is 9.90. The average molecular weight is 393 g/mol. The van der Waals surface area contributed by atoms with Crippen molar-refractivity contribution in [3.8, 4) is 5.75 Å². The molecule has 3 aromatic rings. The number of carbonyl (C=O) groups is 1. The highest BCUT2D eigenvalue weighted by molar-refractivity contribution is 5.74. The molecule has 3 rings (SSSR count). The Morgan fingerprint density at radius 1 is 1.14 bits per heavy atom. The smallest absolute Gasteiger partial charge is 0.315 e. The van der Waals surface area contributed by atoms with Crippen LogP contribution in [0.25, 0.3) is 0 Å². The van der Waals surface area contributed by atoms with E-state index in [0.717, 1.165) is 16.9 Å². The van der Waals surface area contributed by atoms with Gasteiger partial charge in [-0.1, -0.05) is 42.0 Å². The van der Waals surface area contributed by atoms with Crippen LogP contribution in [0.3, 0.4) is 0 Å². The molecular formula is C22H27N5O2. The maximum absolute atomic E-state index is 12.2. The lowest BCUT2D eigenvalue weighted by molar-refractivity contribution is 0.233. The average Bonchev–Trinajstić information content (AvgIpc) is 3.19. The number of ether oxygens (including phenoxy) is 1. The van der Waals surface area contributed by atoms with Crippen LogP contribution in [0, 0.1) is 6.92 Å². The second-order valence-electron chi connectivity index (χ2n) is 7.20. The number of aromatic nitrogens is 3. The molecule has 0 bridgehead atoms. The number of hydrogen-bond acceptors (Lipinski definition) is 4. The minimum absolute atomic E-state index is 0.0682. The minimum atomic E-state index is -0.218. The van der Waals surface area contributed by atoms with E-state index in [2.05, 4.69) is 45.8 Å². The molecule has 0 radical (unpaired) electrons. The monoisotopic (exact) mass is 393 g/mol. The standard InChI is InChI=1S/C22H27N5O2/c1-16-5-4-6-19(11-16)13-29-21-9-7-20(8-10-21)18(3)26-22(28)25-17(2)12-27-15-23-14-24-27/h4-11,14-15,17-18H,12-13H2,1-3H3,(H2,25,26,28). The van der Waals surface area contributed by atoms with Crippen molar-refractivity contribution in [2.45, 2.75) is 46.0 Å². The van der Waals surface area contributed by atoms with E-state index in [-0.39, 0.29) is 18.1 Å². The van der Waals surface area contributed by atoms with Crippen LogP contribution < -0.4 is 15.4 Å². The van der Waals surface area contributed by atoms with Crippen molar-refractivity contribution in [3.63, 3.8) is 0 Å². The van der Waals surface area contributed by atoms with E-state index in [1.165, 1.54) is 11.9 Å². The number of carbonyl (C=O) groups excluding carboxylic acids is 1. The fraction of sp³-hybridized carbons (Fsp3) is 0.318. The third-order valence-electron chi connectivity index (χ3n) is 4.52. The van der Waals surface area contributed by atoms with E-state index >= 15 is 0 Å². The molecule has 0 spiro atoms. The van der Waals surface area contributed by atoms with E-state index in [9.17, 15) is 4.79 Å². The molecule has 2 atom stereocenters. The van der Waals surface area contributed by atoms with Gasteiger partial charge in [-0.05, 0) is 44.0 Å². The van der Waals surface area contributed by atoms with Crippen molar-refractivity contribution in [1.82, 2.24) is 25.4 Å². The number of nitrogens with zero attached hydrogens (tertiary/aromatic N) is 3. The first-order valence-electron chi connectivity index (χ1n) is 9.67. The molecule has 0 saturated heterocycles. The van der Waals surface area contributed by atoms with Gasteiger partial charge in [-0.25, -0.2) is 9.78 Å². The minimum Gasteiger partial charge on any atom is -0.489 e. The zero-order valence-corrected chi connectivity index (χ0v) is 17.0. The summed E-state index contributed by atoms with van der Waals surface area (Å²) in [4.78, 5) is 16.1. The van der Waals surface area contributed by atoms with E-state index in [1.807, 2.05) is 44.2 Å². The second-order valence-corrected chi connectivity index (χ2v) is 7.20. The Hall–Kier alpha value is -3.35. The number of aryl methyl sites for hydroxylation is 1. The largest absolute Gasteiger partial charge is 0.489 e. The molecule has 2 unspecified atom stereocenters. The van der Waals surface area contributed by atoms with Crippen molar-refractivity contribution in [2.24, 2.45) is 0 Å². The van der Waals surface area contributed by atoms with Crippen molar-refractivity contribution in [2.75, 3.05) is 0 Å². The molecule has 7 nitrogen and oxygen atoms in total. The summed E-state index contributed by atoms with van der Waals surface area (Å²) in [5.74, 6) is 0.799. The molecule has 7 heteroatoms. The molecular weight excluding hydrogens is 366 g/mol. The van der Waals surface area contributed by atoms with Gasteiger partial charge in [0.15, 0.2) is 0 Å². The number of urea groups is 1. The van der Waals surface area contributed by atoms with E-state index in [0.29, 0.717) is 13.2 Å². The van der Waals surface area contributed by atoms with E-state index in [4.69, 9.17) is 4.74 Å². The fourth-order valence-electron chi connectivity index (χ4n) is 3.02. The lowest BCUT2D eigenvalue weighted by Crippen LogP contribution is -2.43. The third-order valence-corrected chi connectivity index (χ3v) is 4.52. The van der Waals surface area contributed by atoms with Crippen molar-refractivity contribution in [1.29, 1.82) is 0 Å². The first-order valence-corrected chi connectivity index (χ1v) is 9.67. The molecule has 0 aliphatic heterocycles. The molecule has 1 aromatic heterocycles.